The SMILES string of the molecule is CCn1c(C)cc(C)c(C(=O)N[C@@H](c2cnn(C)c2)C2CC(O)C2)c1=O. The zero-order valence-corrected chi connectivity index (χ0v) is 15.7. The monoisotopic (exact) mass is 358 g/mol. The quantitative estimate of drug-likeness (QED) is 0.847. The highest BCUT2D eigenvalue weighted by atomic mass is 16.3. The molecular weight excluding hydrogens is 332 g/mol. The molecule has 7 heteroatoms. The summed E-state index contributed by atoms with van der Waals surface area (Å²) in [4.78, 5) is 25.7. The molecule has 140 valence electrons. The van der Waals surface area contributed by atoms with Gasteiger partial charge in [-0.1, -0.05) is 0 Å². The number of nitrogens with one attached hydrogen (secondary N) is 1. The Morgan fingerprint density at radius 2 is 2.12 bits per heavy atom. The highest BCUT2D eigenvalue weighted by Gasteiger charge is 2.36. The third-order valence-electron chi connectivity index (χ3n) is 5.24. The second-order valence-electron chi connectivity index (χ2n) is 7.18. The van der Waals surface area contributed by atoms with Gasteiger partial charge >= 0.3 is 0 Å². The van der Waals surface area contributed by atoms with Gasteiger partial charge < -0.3 is 15.0 Å². The van der Waals surface area contributed by atoms with Gasteiger partial charge in [0.2, 0.25) is 0 Å². The molecule has 2 N–H and O–H groups in total. The van der Waals surface area contributed by atoms with Crippen molar-refractivity contribution in [2.24, 2.45) is 13.0 Å². The zero-order chi connectivity index (χ0) is 19.0. The van der Waals surface area contributed by atoms with Crippen LogP contribution in [0.1, 0.15) is 53.0 Å². The van der Waals surface area contributed by atoms with Crippen molar-refractivity contribution in [3.05, 3.63) is 51.2 Å². The van der Waals surface area contributed by atoms with Crippen LogP contribution in [-0.4, -0.2) is 31.5 Å². The summed E-state index contributed by atoms with van der Waals surface area (Å²) in [6.07, 6.45) is 4.52. The molecule has 2 aromatic heterocycles. The molecule has 0 spiro atoms. The first kappa shape index (κ1) is 18.4. The highest BCUT2D eigenvalue weighted by molar-refractivity contribution is 5.95. The number of rotatable bonds is 5. The number of nitrogens with zero attached hydrogens (tertiary/aromatic N) is 3. The van der Waals surface area contributed by atoms with Gasteiger partial charge in [0.1, 0.15) is 5.56 Å². The third-order valence-corrected chi connectivity index (χ3v) is 5.24. The van der Waals surface area contributed by atoms with Crippen LogP contribution in [0.3, 0.4) is 0 Å². The Morgan fingerprint density at radius 3 is 2.65 bits per heavy atom. The summed E-state index contributed by atoms with van der Waals surface area (Å²) in [5.74, 6) is -0.234. The van der Waals surface area contributed by atoms with E-state index in [9.17, 15) is 14.7 Å². The van der Waals surface area contributed by atoms with E-state index < -0.39 is 0 Å². The minimum absolute atomic E-state index is 0.136. The van der Waals surface area contributed by atoms with Crippen molar-refractivity contribution in [3.8, 4) is 0 Å². The van der Waals surface area contributed by atoms with Crippen LogP contribution < -0.4 is 10.9 Å². The number of aryl methyl sites for hydroxylation is 3. The van der Waals surface area contributed by atoms with Crippen molar-refractivity contribution in [1.29, 1.82) is 0 Å². The molecule has 0 bridgehead atoms. The normalized spacial score (nSPS) is 20.5. The van der Waals surface area contributed by atoms with Gasteiger partial charge in [0.15, 0.2) is 0 Å². The minimum Gasteiger partial charge on any atom is -0.393 e. The second kappa shape index (κ2) is 7.07. The molecule has 1 aliphatic rings. The first-order chi connectivity index (χ1) is 12.3. The third kappa shape index (κ3) is 3.31. The number of aromatic nitrogens is 3. The molecule has 7 nitrogen and oxygen atoms in total. The molecule has 2 aromatic rings. The molecule has 0 unspecified atom stereocenters. The lowest BCUT2D eigenvalue weighted by atomic mass is 9.75. The molecule has 1 aliphatic carbocycles. The fraction of sp³-hybridized carbons (Fsp3) is 0.526. The van der Waals surface area contributed by atoms with Crippen LogP contribution in [0.4, 0.5) is 0 Å². The Kier molecular flexibility index (Phi) is 5.00. The standard InChI is InChI=1S/C19H26N4O3/c1-5-23-12(3)6-11(2)16(19(23)26)18(25)21-17(13-7-15(24)8-13)14-9-20-22(4)10-14/h6,9-10,13,15,17,24H,5,7-8H2,1-4H3,(H,21,25)/t13?,15?,17-/m1/s1. The summed E-state index contributed by atoms with van der Waals surface area (Å²) >= 11 is 0. The Balaban J connectivity index is 1.93. The number of pyridine rings is 1. The molecule has 1 saturated carbocycles. The number of amides is 1. The molecule has 26 heavy (non-hydrogen) atoms. The molecular formula is C19H26N4O3. The molecule has 3 rings (SSSR count). The summed E-state index contributed by atoms with van der Waals surface area (Å²) in [6.45, 7) is 6.06. The van der Waals surface area contributed by atoms with E-state index in [1.165, 1.54) is 0 Å². The second-order valence-corrected chi connectivity index (χ2v) is 7.18. The topological polar surface area (TPSA) is 89.2 Å². The van der Waals surface area contributed by atoms with E-state index in [1.54, 1.807) is 22.4 Å². The van der Waals surface area contributed by atoms with Crippen molar-refractivity contribution in [2.45, 2.75) is 52.3 Å². The number of hydrogen-bond acceptors (Lipinski definition) is 4. The lowest BCUT2D eigenvalue weighted by Gasteiger charge is -2.37. The van der Waals surface area contributed by atoms with E-state index in [0.29, 0.717) is 24.9 Å². The van der Waals surface area contributed by atoms with E-state index in [0.717, 1.165) is 11.3 Å². The Labute approximate surface area is 152 Å². The zero-order valence-electron chi connectivity index (χ0n) is 15.7. The van der Waals surface area contributed by atoms with Gasteiger partial charge in [-0.15, -0.1) is 0 Å². The van der Waals surface area contributed by atoms with Crippen LogP contribution in [-0.2, 0) is 13.6 Å². The fourth-order valence-electron chi connectivity index (χ4n) is 3.79. The van der Waals surface area contributed by atoms with Gasteiger partial charge in [-0.05, 0) is 51.2 Å². The van der Waals surface area contributed by atoms with Gasteiger partial charge in [0.25, 0.3) is 11.5 Å². The largest absolute Gasteiger partial charge is 0.393 e. The van der Waals surface area contributed by atoms with Crippen molar-refractivity contribution >= 4 is 5.91 Å². The van der Waals surface area contributed by atoms with E-state index in [-0.39, 0.29) is 35.1 Å². The van der Waals surface area contributed by atoms with Gasteiger partial charge in [-0.2, -0.15) is 5.10 Å². The predicted octanol–water partition coefficient (Wildman–Crippen LogP) is 1.46. The number of carbonyl (C=O) groups is 1. The Hall–Kier alpha value is -2.41. The van der Waals surface area contributed by atoms with Crippen LogP contribution in [0.15, 0.2) is 23.3 Å². The molecule has 1 atom stereocenters. The highest BCUT2D eigenvalue weighted by Crippen LogP contribution is 2.38. The summed E-state index contributed by atoms with van der Waals surface area (Å²) in [5.41, 5.74) is 2.33. The fourth-order valence-corrected chi connectivity index (χ4v) is 3.79. The van der Waals surface area contributed by atoms with Crippen molar-refractivity contribution in [2.75, 3.05) is 0 Å². The summed E-state index contributed by atoms with van der Waals surface area (Å²) in [5, 5.41) is 16.9. The molecule has 0 aromatic carbocycles. The lowest BCUT2D eigenvalue weighted by molar-refractivity contribution is 0.0235. The van der Waals surface area contributed by atoms with E-state index in [2.05, 4.69) is 10.4 Å². The number of aliphatic hydroxyl groups is 1. The van der Waals surface area contributed by atoms with Gasteiger partial charge in [0, 0.05) is 31.0 Å². The summed E-state index contributed by atoms with van der Waals surface area (Å²) in [6, 6.07) is 1.60. The van der Waals surface area contributed by atoms with Gasteiger partial charge in [-0.25, -0.2) is 0 Å². The van der Waals surface area contributed by atoms with Gasteiger partial charge in [0.05, 0.1) is 18.3 Å². The maximum Gasteiger partial charge on any atom is 0.263 e. The van der Waals surface area contributed by atoms with Crippen LogP contribution in [0.5, 0.6) is 0 Å². The lowest BCUT2D eigenvalue weighted by Crippen LogP contribution is -2.43. The van der Waals surface area contributed by atoms with Crippen molar-refractivity contribution in [3.63, 3.8) is 0 Å². The molecule has 1 fully saturated rings. The molecule has 0 aliphatic heterocycles. The van der Waals surface area contributed by atoms with Crippen LogP contribution >= 0.6 is 0 Å². The maximum atomic E-state index is 13.0. The minimum atomic E-state index is -0.370. The number of carbonyl (C=O) groups excluding carboxylic acids is 1. The first-order valence-electron chi connectivity index (χ1n) is 9.00. The van der Waals surface area contributed by atoms with Crippen LogP contribution in [0.2, 0.25) is 0 Å². The van der Waals surface area contributed by atoms with Crippen LogP contribution in [0, 0.1) is 19.8 Å². The van der Waals surface area contributed by atoms with Gasteiger partial charge in [-0.3, -0.25) is 14.3 Å². The molecule has 0 radical (unpaired) electrons. The average Bonchev–Trinajstić information content (AvgIpc) is 2.96. The Morgan fingerprint density at radius 1 is 1.42 bits per heavy atom. The van der Waals surface area contributed by atoms with Crippen molar-refractivity contribution < 1.29 is 9.90 Å². The number of aliphatic hydroxyl groups excluding tert-OH is 1. The predicted molar refractivity (Wildman–Crippen MR) is 98.0 cm³/mol. The molecule has 2 heterocycles. The van der Waals surface area contributed by atoms with E-state index in [4.69, 9.17) is 0 Å². The van der Waals surface area contributed by atoms with Crippen molar-refractivity contribution in [1.82, 2.24) is 19.7 Å². The first-order valence-corrected chi connectivity index (χ1v) is 9.00. The van der Waals surface area contributed by atoms with E-state index in [1.807, 2.05) is 33.2 Å². The number of hydrogen-bond donors (Lipinski definition) is 2. The molecule has 1 amide bonds. The van der Waals surface area contributed by atoms with Crippen LogP contribution in [0.25, 0.3) is 0 Å². The Bertz CT molecular complexity index is 877. The maximum absolute atomic E-state index is 13.0. The summed E-state index contributed by atoms with van der Waals surface area (Å²) in [7, 11) is 1.82. The molecule has 0 saturated heterocycles. The summed E-state index contributed by atoms with van der Waals surface area (Å²) < 4.78 is 3.29. The average molecular weight is 358 g/mol. The van der Waals surface area contributed by atoms with E-state index >= 15 is 0 Å². The smallest absolute Gasteiger partial charge is 0.263 e.